The van der Waals surface area contributed by atoms with Crippen LogP contribution in [0.25, 0.3) is 0 Å². The van der Waals surface area contributed by atoms with Gasteiger partial charge in [0.05, 0.1) is 22.6 Å². The Kier molecular flexibility index (Phi) is 5.40. The molecule has 26 heavy (non-hydrogen) atoms. The van der Waals surface area contributed by atoms with Crippen molar-refractivity contribution < 1.29 is 21.3 Å². The zero-order chi connectivity index (χ0) is 18.8. The number of nitrogens with zero attached hydrogens (tertiary/aromatic N) is 1. The van der Waals surface area contributed by atoms with E-state index in [2.05, 4.69) is 4.72 Å². The number of hydrogen-bond acceptors (Lipinski definition) is 5. The van der Waals surface area contributed by atoms with Crippen LogP contribution in [0.1, 0.15) is 25.5 Å². The van der Waals surface area contributed by atoms with E-state index < -0.39 is 20.0 Å². The maximum absolute atomic E-state index is 12.5. The first-order valence-corrected chi connectivity index (χ1v) is 11.5. The molecule has 1 aromatic carbocycles. The van der Waals surface area contributed by atoms with Crippen LogP contribution in [0.4, 0.5) is 5.69 Å². The highest BCUT2D eigenvalue weighted by Crippen LogP contribution is 2.25. The normalized spacial score (nSPS) is 18.6. The van der Waals surface area contributed by atoms with E-state index in [0.717, 1.165) is 6.42 Å². The highest BCUT2D eigenvalue weighted by molar-refractivity contribution is 7.92. The lowest BCUT2D eigenvalue weighted by atomic mass is 10.2. The molecule has 1 saturated heterocycles. The lowest BCUT2D eigenvalue weighted by Gasteiger charge is -2.28. The summed E-state index contributed by atoms with van der Waals surface area (Å²) in [5.74, 6) is 0.824. The third-order valence-electron chi connectivity index (χ3n) is 4.23. The molecule has 142 valence electrons. The van der Waals surface area contributed by atoms with Crippen LogP contribution in [0.5, 0.6) is 0 Å². The second kappa shape index (κ2) is 7.42. The molecule has 0 spiro atoms. The van der Waals surface area contributed by atoms with Gasteiger partial charge in [-0.3, -0.25) is 4.31 Å². The Morgan fingerprint density at radius 1 is 1.19 bits per heavy atom. The summed E-state index contributed by atoms with van der Waals surface area (Å²) >= 11 is 0. The first-order chi connectivity index (χ1) is 12.3. The smallest absolute Gasteiger partial charge is 0.240 e. The topological polar surface area (TPSA) is 96.7 Å². The maximum atomic E-state index is 12.5. The predicted molar refractivity (Wildman–Crippen MR) is 99.0 cm³/mol. The van der Waals surface area contributed by atoms with Crippen molar-refractivity contribution in [2.45, 2.75) is 37.1 Å². The molecule has 9 heteroatoms. The highest BCUT2D eigenvalue weighted by Gasteiger charge is 2.26. The molecule has 2 heterocycles. The summed E-state index contributed by atoms with van der Waals surface area (Å²) in [7, 11) is -7.01. The van der Waals surface area contributed by atoms with Crippen molar-refractivity contribution in [3.8, 4) is 0 Å². The van der Waals surface area contributed by atoms with Gasteiger partial charge in [-0.25, -0.2) is 21.6 Å². The van der Waals surface area contributed by atoms with Crippen molar-refractivity contribution in [3.63, 3.8) is 0 Å². The van der Waals surface area contributed by atoms with Crippen molar-refractivity contribution >= 4 is 25.7 Å². The van der Waals surface area contributed by atoms with Gasteiger partial charge in [0.25, 0.3) is 0 Å². The zero-order valence-corrected chi connectivity index (χ0v) is 16.1. The third kappa shape index (κ3) is 4.28. The number of anilines is 1. The van der Waals surface area contributed by atoms with Crippen LogP contribution < -0.4 is 9.03 Å². The quantitative estimate of drug-likeness (QED) is 0.804. The summed E-state index contributed by atoms with van der Waals surface area (Å²) in [6.07, 6.45) is 3.44. The maximum Gasteiger partial charge on any atom is 0.240 e. The van der Waals surface area contributed by atoms with E-state index in [1.54, 1.807) is 25.3 Å². The summed E-state index contributed by atoms with van der Waals surface area (Å²) in [4.78, 5) is 0.0990. The van der Waals surface area contributed by atoms with E-state index in [9.17, 15) is 16.8 Å². The van der Waals surface area contributed by atoms with Crippen LogP contribution in [0.3, 0.4) is 0 Å². The monoisotopic (exact) mass is 398 g/mol. The molecule has 0 radical (unpaired) electrons. The number of sulfonamides is 2. The van der Waals surface area contributed by atoms with Gasteiger partial charge in [0.1, 0.15) is 5.76 Å². The fraction of sp³-hybridized carbons (Fsp3) is 0.412. The van der Waals surface area contributed by atoms with Crippen LogP contribution >= 0.6 is 0 Å². The third-order valence-corrected chi connectivity index (χ3v) is 7.70. The molecule has 2 aromatic rings. The van der Waals surface area contributed by atoms with Crippen LogP contribution in [-0.2, 0) is 26.5 Å². The average Bonchev–Trinajstić information content (AvgIpc) is 3.07. The second-order valence-corrected chi connectivity index (χ2v) is 10.1. The van der Waals surface area contributed by atoms with Gasteiger partial charge in [-0.05, 0) is 56.2 Å². The van der Waals surface area contributed by atoms with E-state index in [4.69, 9.17) is 4.42 Å². The number of rotatable bonds is 6. The number of nitrogens with one attached hydrogen (secondary N) is 1. The molecule has 0 unspecified atom stereocenters. The van der Waals surface area contributed by atoms with Gasteiger partial charge in [0, 0.05) is 19.0 Å². The minimum atomic E-state index is -3.70. The molecule has 1 atom stereocenters. The Morgan fingerprint density at radius 3 is 2.54 bits per heavy atom. The summed E-state index contributed by atoms with van der Waals surface area (Å²) in [5.41, 5.74) is 0.493. The van der Waals surface area contributed by atoms with Gasteiger partial charge in [0.2, 0.25) is 20.0 Å². The zero-order valence-electron chi connectivity index (χ0n) is 14.5. The Morgan fingerprint density at radius 2 is 1.92 bits per heavy atom. The number of hydrogen-bond donors (Lipinski definition) is 1. The molecular weight excluding hydrogens is 376 g/mol. The Hall–Kier alpha value is -1.84. The molecule has 7 nitrogen and oxygen atoms in total. The minimum absolute atomic E-state index is 0.0990. The standard InChI is InChI=1S/C17H22N2O5S2/c1-14(13-16-5-4-11-24-16)18-26(22,23)17-8-6-15(7-9-17)19-10-2-3-12-25(19,20)21/h4-9,11,14,18H,2-3,10,12-13H2,1H3/t14-/m1/s1. The Bertz CT molecular complexity index is 936. The van der Waals surface area contributed by atoms with Gasteiger partial charge in [-0.1, -0.05) is 0 Å². The van der Waals surface area contributed by atoms with Gasteiger partial charge in [-0.2, -0.15) is 0 Å². The second-order valence-electron chi connectivity index (χ2n) is 6.39. The number of furan rings is 1. The molecule has 1 N–H and O–H groups in total. The molecular formula is C17H22N2O5S2. The molecule has 0 saturated carbocycles. The highest BCUT2D eigenvalue weighted by atomic mass is 32.2. The number of benzene rings is 1. The molecule has 1 fully saturated rings. The lowest BCUT2D eigenvalue weighted by molar-refractivity contribution is 0.479. The predicted octanol–water partition coefficient (Wildman–Crippen LogP) is 2.12. The van der Waals surface area contributed by atoms with Crippen molar-refractivity contribution in [2.75, 3.05) is 16.6 Å². The molecule has 0 amide bonds. The largest absolute Gasteiger partial charge is 0.469 e. The van der Waals surface area contributed by atoms with Crippen molar-refractivity contribution in [1.29, 1.82) is 0 Å². The van der Waals surface area contributed by atoms with E-state index >= 15 is 0 Å². The molecule has 0 aliphatic carbocycles. The van der Waals surface area contributed by atoms with Crippen molar-refractivity contribution in [2.24, 2.45) is 0 Å². The van der Waals surface area contributed by atoms with Gasteiger partial charge >= 0.3 is 0 Å². The van der Waals surface area contributed by atoms with Crippen LogP contribution in [0.15, 0.2) is 52.0 Å². The summed E-state index contributed by atoms with van der Waals surface area (Å²) < 4.78 is 58.5. The first kappa shape index (κ1) is 18.9. The SMILES string of the molecule is C[C@H](Cc1ccco1)NS(=O)(=O)c1ccc(N2CCCCS2(=O)=O)cc1. The first-order valence-electron chi connectivity index (χ1n) is 8.43. The Labute approximate surface area is 154 Å². The summed E-state index contributed by atoms with van der Waals surface area (Å²) in [5, 5.41) is 0. The van der Waals surface area contributed by atoms with Crippen LogP contribution in [-0.4, -0.2) is 35.2 Å². The molecule has 1 aliphatic heterocycles. The van der Waals surface area contributed by atoms with Crippen LogP contribution in [0, 0.1) is 0 Å². The average molecular weight is 399 g/mol. The van der Waals surface area contributed by atoms with Gasteiger partial charge in [0.15, 0.2) is 0 Å². The van der Waals surface area contributed by atoms with Gasteiger partial charge < -0.3 is 4.42 Å². The van der Waals surface area contributed by atoms with E-state index in [1.807, 2.05) is 0 Å². The lowest BCUT2D eigenvalue weighted by Crippen LogP contribution is -2.38. The molecule has 1 aromatic heterocycles. The van der Waals surface area contributed by atoms with Crippen LogP contribution in [0.2, 0.25) is 0 Å². The summed E-state index contributed by atoms with van der Waals surface area (Å²) in [6.45, 7) is 2.18. The van der Waals surface area contributed by atoms with E-state index in [-0.39, 0.29) is 16.7 Å². The van der Waals surface area contributed by atoms with Crippen molar-refractivity contribution in [3.05, 3.63) is 48.4 Å². The van der Waals surface area contributed by atoms with Gasteiger partial charge in [-0.15, -0.1) is 0 Å². The minimum Gasteiger partial charge on any atom is -0.469 e. The molecule has 3 rings (SSSR count). The molecule has 0 bridgehead atoms. The molecule has 1 aliphatic rings. The van der Waals surface area contributed by atoms with E-state index in [1.165, 1.54) is 28.6 Å². The summed E-state index contributed by atoms with van der Waals surface area (Å²) in [6, 6.07) is 9.14. The fourth-order valence-corrected chi connectivity index (χ4v) is 5.86. The Balaban J connectivity index is 1.72. The fourth-order valence-electron chi connectivity index (χ4n) is 2.98. The van der Waals surface area contributed by atoms with Crippen molar-refractivity contribution in [1.82, 2.24) is 4.72 Å². The van der Waals surface area contributed by atoms with E-state index in [0.29, 0.717) is 30.8 Å².